The summed E-state index contributed by atoms with van der Waals surface area (Å²) in [6.07, 6.45) is 3.35. The predicted octanol–water partition coefficient (Wildman–Crippen LogP) is 3.23. The first-order chi connectivity index (χ1) is 9.08. The number of hydrogen-bond acceptors (Lipinski definition) is 2. The van der Waals surface area contributed by atoms with Gasteiger partial charge in [0.1, 0.15) is 5.82 Å². The standard InChI is InChI=1S/C14H17BrFNO2/c1-17(9-11-4-2-3-7-19-11)14(18)10-5-6-13(16)12(15)8-10/h5-6,8,11H,2-4,7,9H2,1H3. The fourth-order valence-electron chi connectivity index (χ4n) is 2.19. The highest BCUT2D eigenvalue weighted by Crippen LogP contribution is 2.19. The Labute approximate surface area is 120 Å². The molecule has 3 nitrogen and oxygen atoms in total. The van der Waals surface area contributed by atoms with Gasteiger partial charge in [-0.15, -0.1) is 0 Å². The van der Waals surface area contributed by atoms with Crippen molar-refractivity contribution in [2.45, 2.75) is 25.4 Å². The first-order valence-corrected chi connectivity index (χ1v) is 7.19. The van der Waals surface area contributed by atoms with Crippen LogP contribution in [0.4, 0.5) is 4.39 Å². The van der Waals surface area contributed by atoms with Gasteiger partial charge in [-0.05, 0) is 53.4 Å². The minimum atomic E-state index is -0.366. The lowest BCUT2D eigenvalue weighted by Crippen LogP contribution is -2.37. The summed E-state index contributed by atoms with van der Waals surface area (Å²) < 4.78 is 19.1. The van der Waals surface area contributed by atoms with Crippen molar-refractivity contribution in [2.24, 2.45) is 0 Å². The van der Waals surface area contributed by atoms with E-state index in [1.807, 2.05) is 0 Å². The van der Waals surface area contributed by atoms with Gasteiger partial charge in [-0.2, -0.15) is 0 Å². The summed E-state index contributed by atoms with van der Waals surface area (Å²) in [5.74, 6) is -0.482. The molecule has 0 aliphatic carbocycles. The van der Waals surface area contributed by atoms with Gasteiger partial charge < -0.3 is 9.64 Å². The second kappa shape index (κ2) is 6.48. The number of nitrogens with zero attached hydrogens (tertiary/aromatic N) is 1. The lowest BCUT2D eigenvalue weighted by Gasteiger charge is -2.27. The Morgan fingerprint density at radius 1 is 1.53 bits per heavy atom. The average molecular weight is 330 g/mol. The predicted molar refractivity (Wildman–Crippen MR) is 74.7 cm³/mol. The van der Waals surface area contributed by atoms with E-state index in [2.05, 4.69) is 15.9 Å². The van der Waals surface area contributed by atoms with E-state index in [9.17, 15) is 9.18 Å². The maximum absolute atomic E-state index is 13.1. The summed E-state index contributed by atoms with van der Waals surface area (Å²) in [6.45, 7) is 1.35. The van der Waals surface area contributed by atoms with Gasteiger partial charge in [0.25, 0.3) is 5.91 Å². The third-order valence-electron chi connectivity index (χ3n) is 3.26. The summed E-state index contributed by atoms with van der Waals surface area (Å²) in [7, 11) is 1.75. The van der Waals surface area contributed by atoms with Crippen molar-refractivity contribution in [1.29, 1.82) is 0 Å². The first-order valence-electron chi connectivity index (χ1n) is 6.40. The Balaban J connectivity index is 1.99. The monoisotopic (exact) mass is 329 g/mol. The number of amides is 1. The lowest BCUT2D eigenvalue weighted by molar-refractivity contribution is -0.000190. The van der Waals surface area contributed by atoms with Gasteiger partial charge in [0.2, 0.25) is 0 Å². The third kappa shape index (κ3) is 3.76. The van der Waals surface area contributed by atoms with Crippen molar-refractivity contribution in [3.63, 3.8) is 0 Å². The molecule has 1 atom stereocenters. The number of likely N-dealkylation sites (N-methyl/N-ethyl adjacent to an activating group) is 1. The van der Waals surface area contributed by atoms with Crippen molar-refractivity contribution >= 4 is 21.8 Å². The molecule has 1 aliphatic rings. The SMILES string of the molecule is CN(CC1CCCCO1)C(=O)c1ccc(F)c(Br)c1. The summed E-state index contributed by atoms with van der Waals surface area (Å²) in [4.78, 5) is 13.8. The van der Waals surface area contributed by atoms with Gasteiger partial charge in [-0.25, -0.2) is 4.39 Å². The molecule has 1 unspecified atom stereocenters. The topological polar surface area (TPSA) is 29.5 Å². The Hall–Kier alpha value is -0.940. The number of carbonyl (C=O) groups is 1. The van der Waals surface area contributed by atoms with Gasteiger partial charge in [-0.1, -0.05) is 0 Å². The Kier molecular flexibility index (Phi) is 4.93. The molecule has 104 valence electrons. The molecule has 1 heterocycles. The molecule has 0 N–H and O–H groups in total. The molecular weight excluding hydrogens is 313 g/mol. The zero-order valence-corrected chi connectivity index (χ0v) is 12.5. The van der Waals surface area contributed by atoms with Gasteiger partial charge >= 0.3 is 0 Å². The smallest absolute Gasteiger partial charge is 0.253 e. The zero-order chi connectivity index (χ0) is 13.8. The maximum Gasteiger partial charge on any atom is 0.253 e. The molecule has 1 aromatic carbocycles. The van der Waals surface area contributed by atoms with Crippen LogP contribution in [0.15, 0.2) is 22.7 Å². The molecule has 2 rings (SSSR count). The summed E-state index contributed by atoms with van der Waals surface area (Å²) in [5.41, 5.74) is 0.478. The van der Waals surface area contributed by atoms with E-state index in [1.54, 1.807) is 11.9 Å². The normalized spacial score (nSPS) is 19.2. The molecule has 1 aliphatic heterocycles. The highest BCUT2D eigenvalue weighted by atomic mass is 79.9. The van der Waals surface area contributed by atoms with Crippen molar-refractivity contribution in [1.82, 2.24) is 4.90 Å². The Morgan fingerprint density at radius 2 is 2.32 bits per heavy atom. The zero-order valence-electron chi connectivity index (χ0n) is 10.9. The average Bonchev–Trinajstić information content (AvgIpc) is 2.42. The second-order valence-electron chi connectivity index (χ2n) is 4.80. The molecule has 0 saturated carbocycles. The van der Waals surface area contributed by atoms with E-state index in [1.165, 1.54) is 18.2 Å². The number of carbonyl (C=O) groups excluding carboxylic acids is 1. The number of ether oxygens (including phenoxy) is 1. The van der Waals surface area contributed by atoms with Crippen LogP contribution in [-0.2, 0) is 4.74 Å². The number of benzene rings is 1. The van der Waals surface area contributed by atoms with Crippen LogP contribution < -0.4 is 0 Å². The van der Waals surface area contributed by atoms with E-state index in [0.29, 0.717) is 16.6 Å². The quantitative estimate of drug-likeness (QED) is 0.852. The summed E-state index contributed by atoms with van der Waals surface area (Å²) in [5, 5.41) is 0. The van der Waals surface area contributed by atoms with Crippen molar-refractivity contribution in [3.05, 3.63) is 34.1 Å². The molecule has 1 amide bonds. The first kappa shape index (κ1) is 14.5. The highest BCUT2D eigenvalue weighted by Gasteiger charge is 2.20. The van der Waals surface area contributed by atoms with Crippen LogP contribution in [0.2, 0.25) is 0 Å². The van der Waals surface area contributed by atoms with E-state index < -0.39 is 0 Å². The number of hydrogen-bond donors (Lipinski definition) is 0. The van der Waals surface area contributed by atoms with Crippen molar-refractivity contribution in [3.8, 4) is 0 Å². The lowest BCUT2D eigenvalue weighted by atomic mass is 10.1. The third-order valence-corrected chi connectivity index (χ3v) is 3.87. The second-order valence-corrected chi connectivity index (χ2v) is 5.66. The highest BCUT2D eigenvalue weighted by molar-refractivity contribution is 9.10. The van der Waals surface area contributed by atoms with Crippen LogP contribution in [0.1, 0.15) is 29.6 Å². The molecule has 0 radical (unpaired) electrons. The van der Waals surface area contributed by atoms with Crippen LogP contribution in [0.3, 0.4) is 0 Å². The molecule has 1 fully saturated rings. The van der Waals surface area contributed by atoms with Crippen LogP contribution in [-0.4, -0.2) is 37.1 Å². The molecular formula is C14H17BrFNO2. The molecule has 0 spiro atoms. The minimum Gasteiger partial charge on any atom is -0.376 e. The van der Waals surface area contributed by atoms with E-state index in [4.69, 9.17) is 4.74 Å². The number of halogens is 2. The number of rotatable bonds is 3. The molecule has 19 heavy (non-hydrogen) atoms. The Bertz CT molecular complexity index is 461. The van der Waals surface area contributed by atoms with Gasteiger partial charge in [0.15, 0.2) is 0 Å². The van der Waals surface area contributed by atoms with Gasteiger partial charge in [-0.3, -0.25) is 4.79 Å². The van der Waals surface area contributed by atoms with E-state index >= 15 is 0 Å². The molecule has 0 bridgehead atoms. The molecule has 1 aromatic rings. The fourth-order valence-corrected chi connectivity index (χ4v) is 2.57. The van der Waals surface area contributed by atoms with Crippen molar-refractivity contribution in [2.75, 3.05) is 20.2 Å². The Morgan fingerprint density at radius 3 is 2.95 bits per heavy atom. The van der Waals surface area contributed by atoms with Crippen LogP contribution in [0.5, 0.6) is 0 Å². The van der Waals surface area contributed by atoms with Gasteiger partial charge in [0.05, 0.1) is 10.6 Å². The van der Waals surface area contributed by atoms with Crippen molar-refractivity contribution < 1.29 is 13.9 Å². The summed E-state index contributed by atoms with van der Waals surface area (Å²) >= 11 is 3.09. The van der Waals surface area contributed by atoms with Crippen LogP contribution in [0.25, 0.3) is 0 Å². The van der Waals surface area contributed by atoms with Gasteiger partial charge in [0, 0.05) is 25.8 Å². The van der Waals surface area contributed by atoms with E-state index in [0.717, 1.165) is 25.9 Å². The minimum absolute atomic E-state index is 0.116. The van der Waals surface area contributed by atoms with Crippen LogP contribution >= 0.6 is 15.9 Å². The molecule has 1 saturated heterocycles. The maximum atomic E-state index is 13.1. The fraction of sp³-hybridized carbons (Fsp3) is 0.500. The summed E-state index contributed by atoms with van der Waals surface area (Å²) in [6, 6.07) is 4.30. The molecule has 5 heteroatoms. The van der Waals surface area contributed by atoms with E-state index in [-0.39, 0.29) is 17.8 Å². The molecule has 0 aromatic heterocycles. The largest absolute Gasteiger partial charge is 0.376 e. The van der Waals surface area contributed by atoms with Crippen LogP contribution in [0, 0.1) is 5.82 Å².